The number of hydrogen-bond donors (Lipinski definition) is 0. The Labute approximate surface area is 110 Å². The molecule has 7 heteroatoms. The third kappa shape index (κ3) is 1.94. The van der Waals surface area contributed by atoms with E-state index >= 15 is 0 Å². The lowest BCUT2D eigenvalue weighted by Gasteiger charge is -2.07. The minimum Gasteiger partial charge on any atom is -0.489 e. The molecule has 0 atom stereocenters. The number of benzene rings is 1. The topological polar surface area (TPSA) is 65.3 Å². The van der Waals surface area contributed by atoms with Crippen molar-refractivity contribution in [3.05, 3.63) is 37.9 Å². The summed E-state index contributed by atoms with van der Waals surface area (Å²) in [6.45, 7) is 0. The van der Waals surface area contributed by atoms with E-state index in [1.807, 2.05) is 0 Å². The number of ether oxygens (including phenoxy) is 1. The maximum absolute atomic E-state index is 10.8. The number of pyridine rings is 1. The van der Waals surface area contributed by atoms with Gasteiger partial charge in [0.2, 0.25) is 5.75 Å². The van der Waals surface area contributed by atoms with Gasteiger partial charge in [0.05, 0.1) is 21.5 Å². The van der Waals surface area contributed by atoms with Gasteiger partial charge in [-0.05, 0) is 22.0 Å². The normalized spacial score (nSPS) is 10.5. The zero-order valence-electron chi connectivity index (χ0n) is 8.61. The number of nitro groups is 1. The van der Waals surface area contributed by atoms with Gasteiger partial charge in [-0.2, -0.15) is 0 Å². The lowest BCUT2D eigenvalue weighted by Crippen LogP contribution is -1.96. The van der Waals surface area contributed by atoms with Crippen molar-refractivity contribution in [2.75, 3.05) is 7.11 Å². The number of rotatable bonds is 2. The second-order valence-electron chi connectivity index (χ2n) is 3.19. The molecule has 5 nitrogen and oxygen atoms in total. The summed E-state index contributed by atoms with van der Waals surface area (Å²) in [4.78, 5) is 14.4. The van der Waals surface area contributed by atoms with Crippen molar-refractivity contribution in [3.8, 4) is 5.75 Å². The Bertz CT molecular complexity index is 618. The van der Waals surface area contributed by atoms with E-state index in [2.05, 4.69) is 20.9 Å². The van der Waals surface area contributed by atoms with Crippen molar-refractivity contribution in [1.82, 2.24) is 4.98 Å². The lowest BCUT2D eigenvalue weighted by atomic mass is 10.2. The maximum Gasteiger partial charge on any atom is 0.313 e. The minimum atomic E-state index is -0.518. The molecule has 1 aromatic heterocycles. The van der Waals surface area contributed by atoms with Gasteiger partial charge in [-0.25, -0.2) is 0 Å². The molecule has 1 heterocycles. The fourth-order valence-electron chi connectivity index (χ4n) is 1.52. The highest BCUT2D eigenvalue weighted by molar-refractivity contribution is 9.10. The van der Waals surface area contributed by atoms with Crippen LogP contribution in [0.3, 0.4) is 0 Å². The van der Waals surface area contributed by atoms with Crippen LogP contribution in [0.1, 0.15) is 0 Å². The highest BCUT2D eigenvalue weighted by atomic mass is 79.9. The van der Waals surface area contributed by atoms with Gasteiger partial charge >= 0.3 is 5.69 Å². The molecular weight excluding hydrogens is 311 g/mol. The first-order valence-corrected chi connectivity index (χ1v) is 5.68. The van der Waals surface area contributed by atoms with Gasteiger partial charge in [0.15, 0.2) is 0 Å². The third-order valence-corrected chi connectivity index (χ3v) is 3.50. The molecule has 0 radical (unpaired) electrons. The van der Waals surface area contributed by atoms with Gasteiger partial charge in [-0.15, -0.1) is 0 Å². The lowest BCUT2D eigenvalue weighted by molar-refractivity contribution is -0.385. The van der Waals surface area contributed by atoms with E-state index in [0.717, 1.165) is 0 Å². The zero-order chi connectivity index (χ0) is 12.6. The van der Waals surface area contributed by atoms with Gasteiger partial charge < -0.3 is 4.74 Å². The van der Waals surface area contributed by atoms with E-state index in [1.165, 1.54) is 19.4 Å². The Morgan fingerprint density at radius 1 is 1.53 bits per heavy atom. The Hall–Kier alpha value is -1.40. The average Bonchev–Trinajstić information content (AvgIpc) is 2.32. The average molecular weight is 318 g/mol. The number of methoxy groups -OCH3 is 1. The molecule has 0 unspecified atom stereocenters. The first kappa shape index (κ1) is 12.1. The van der Waals surface area contributed by atoms with Crippen molar-refractivity contribution in [2.45, 2.75) is 0 Å². The van der Waals surface area contributed by atoms with Crippen LogP contribution in [0, 0.1) is 10.1 Å². The van der Waals surface area contributed by atoms with Crippen molar-refractivity contribution in [1.29, 1.82) is 0 Å². The van der Waals surface area contributed by atoms with Crippen LogP contribution < -0.4 is 4.74 Å². The predicted molar refractivity (Wildman–Crippen MR) is 67.7 cm³/mol. The van der Waals surface area contributed by atoms with Gasteiger partial charge in [-0.1, -0.05) is 11.6 Å². The highest BCUT2D eigenvalue weighted by Gasteiger charge is 2.20. The Morgan fingerprint density at radius 3 is 2.82 bits per heavy atom. The summed E-state index contributed by atoms with van der Waals surface area (Å²) in [6.07, 6.45) is 1.48. The van der Waals surface area contributed by atoms with Crippen LogP contribution in [0.2, 0.25) is 5.02 Å². The summed E-state index contributed by atoms with van der Waals surface area (Å²) in [7, 11) is 1.36. The number of hydrogen-bond acceptors (Lipinski definition) is 4. The molecule has 0 bridgehead atoms. The third-order valence-electron chi connectivity index (χ3n) is 2.26. The summed E-state index contributed by atoms with van der Waals surface area (Å²) in [5, 5.41) is 11.9. The van der Waals surface area contributed by atoms with E-state index in [4.69, 9.17) is 16.3 Å². The molecule has 2 rings (SSSR count). The Morgan fingerprint density at radius 2 is 2.24 bits per heavy atom. The summed E-state index contributed by atoms with van der Waals surface area (Å²) in [6, 6.07) is 2.90. The largest absolute Gasteiger partial charge is 0.489 e. The number of nitro benzene ring substituents is 1. The number of fused-ring (bicyclic) bond motifs is 1. The molecular formula is C10H6BrClN2O3. The predicted octanol–water partition coefficient (Wildman–Crippen LogP) is 3.57. The van der Waals surface area contributed by atoms with Crippen molar-refractivity contribution < 1.29 is 9.66 Å². The van der Waals surface area contributed by atoms with Crippen LogP contribution in [0.5, 0.6) is 5.75 Å². The fourth-order valence-corrected chi connectivity index (χ4v) is 2.03. The number of halogens is 2. The van der Waals surface area contributed by atoms with Gasteiger partial charge in [0.1, 0.15) is 5.52 Å². The van der Waals surface area contributed by atoms with Crippen LogP contribution in [0.4, 0.5) is 5.69 Å². The smallest absolute Gasteiger partial charge is 0.313 e. The van der Waals surface area contributed by atoms with Crippen LogP contribution in [-0.4, -0.2) is 17.0 Å². The van der Waals surface area contributed by atoms with Gasteiger partial charge in [-0.3, -0.25) is 15.1 Å². The summed E-state index contributed by atoms with van der Waals surface area (Å²) in [5.74, 6) is 0.113. The molecule has 1 aromatic carbocycles. The van der Waals surface area contributed by atoms with Crippen LogP contribution in [0.15, 0.2) is 22.8 Å². The van der Waals surface area contributed by atoms with Gasteiger partial charge in [0, 0.05) is 17.6 Å². The SMILES string of the molecule is COc1c([N+](=O)[O-])ccc2c(Cl)c(Br)cnc12. The fraction of sp³-hybridized carbons (Fsp3) is 0.100. The minimum absolute atomic E-state index is 0.113. The first-order valence-electron chi connectivity index (χ1n) is 4.51. The summed E-state index contributed by atoms with van der Waals surface area (Å²) in [5.41, 5.74) is 0.237. The highest BCUT2D eigenvalue weighted by Crippen LogP contribution is 2.38. The van der Waals surface area contributed by atoms with E-state index in [1.54, 1.807) is 6.07 Å². The van der Waals surface area contributed by atoms with Crippen LogP contribution in [-0.2, 0) is 0 Å². The molecule has 0 N–H and O–H groups in total. The molecule has 0 aliphatic rings. The molecule has 88 valence electrons. The van der Waals surface area contributed by atoms with E-state index in [-0.39, 0.29) is 11.4 Å². The molecule has 0 fully saturated rings. The van der Waals surface area contributed by atoms with Crippen LogP contribution in [0.25, 0.3) is 10.9 Å². The molecule has 0 spiro atoms. The molecule has 0 amide bonds. The quantitative estimate of drug-likeness (QED) is 0.627. The summed E-state index contributed by atoms with van der Waals surface area (Å²) < 4.78 is 5.66. The Balaban J connectivity index is 2.88. The van der Waals surface area contributed by atoms with Crippen LogP contribution >= 0.6 is 27.5 Å². The summed E-state index contributed by atoms with van der Waals surface area (Å²) >= 11 is 9.32. The van der Waals surface area contributed by atoms with E-state index < -0.39 is 4.92 Å². The first-order chi connectivity index (χ1) is 8.06. The maximum atomic E-state index is 10.8. The molecule has 0 saturated carbocycles. The van der Waals surface area contributed by atoms with Crippen molar-refractivity contribution >= 4 is 44.1 Å². The zero-order valence-corrected chi connectivity index (χ0v) is 10.9. The molecule has 0 aliphatic heterocycles. The number of aromatic nitrogens is 1. The van der Waals surface area contributed by atoms with Crippen molar-refractivity contribution in [2.24, 2.45) is 0 Å². The Kier molecular flexibility index (Phi) is 3.17. The van der Waals surface area contributed by atoms with Gasteiger partial charge in [0.25, 0.3) is 0 Å². The second kappa shape index (κ2) is 4.46. The van der Waals surface area contributed by atoms with E-state index in [9.17, 15) is 10.1 Å². The van der Waals surface area contributed by atoms with Crippen molar-refractivity contribution in [3.63, 3.8) is 0 Å². The molecule has 17 heavy (non-hydrogen) atoms. The molecule has 0 aliphatic carbocycles. The molecule has 0 saturated heterocycles. The second-order valence-corrected chi connectivity index (χ2v) is 4.42. The van der Waals surface area contributed by atoms with E-state index in [0.29, 0.717) is 20.4 Å². The standard InChI is InChI=1S/C10H6BrClN2O3/c1-17-10-7(14(15)16)3-2-5-8(12)6(11)4-13-9(5)10/h2-4H,1H3. The molecule has 2 aromatic rings. The number of nitrogens with zero attached hydrogens (tertiary/aromatic N) is 2. The monoisotopic (exact) mass is 316 g/mol.